The Morgan fingerprint density at radius 3 is 3.07 bits per heavy atom. The number of rotatable bonds is 7. The molecular weight excluding hydrogens is 346 g/mol. The Morgan fingerprint density at radius 2 is 2.22 bits per heavy atom. The van der Waals surface area contributed by atoms with Crippen LogP contribution in [0, 0.1) is 6.92 Å². The molecule has 4 aromatic rings. The summed E-state index contributed by atoms with van der Waals surface area (Å²) in [5.41, 5.74) is 2.75. The number of carbonyl (C=O) groups excluding carboxylic acids is 1. The minimum absolute atomic E-state index is 0.00754. The van der Waals surface area contributed by atoms with Crippen molar-refractivity contribution in [2.24, 2.45) is 0 Å². The number of aryl methyl sites for hydroxylation is 2. The van der Waals surface area contributed by atoms with Crippen LogP contribution in [0.4, 0.5) is 0 Å². The lowest BCUT2D eigenvalue weighted by Crippen LogP contribution is -2.27. The molecule has 4 rings (SSSR count). The van der Waals surface area contributed by atoms with Crippen LogP contribution in [0.5, 0.6) is 0 Å². The third kappa shape index (κ3) is 3.86. The van der Waals surface area contributed by atoms with Crippen LogP contribution >= 0.6 is 0 Å². The fourth-order valence-corrected chi connectivity index (χ4v) is 2.89. The Morgan fingerprint density at radius 1 is 1.33 bits per heavy atom. The third-order valence-corrected chi connectivity index (χ3v) is 4.24. The van der Waals surface area contributed by atoms with Crippen molar-refractivity contribution >= 4 is 16.8 Å². The number of H-pyrrole nitrogens is 1. The second kappa shape index (κ2) is 7.40. The zero-order valence-corrected chi connectivity index (χ0v) is 14.8. The monoisotopic (exact) mass is 365 g/mol. The molecule has 3 heterocycles. The predicted octanol–water partition coefficient (Wildman–Crippen LogP) is 1.87. The zero-order valence-electron chi connectivity index (χ0n) is 14.8. The highest BCUT2D eigenvalue weighted by Gasteiger charge is 2.11. The highest BCUT2D eigenvalue weighted by Crippen LogP contribution is 2.18. The van der Waals surface area contributed by atoms with E-state index in [9.17, 15) is 4.79 Å². The number of nitrogens with one attached hydrogen (secondary N) is 2. The van der Waals surface area contributed by atoms with Crippen molar-refractivity contribution in [2.75, 3.05) is 6.54 Å². The number of aromatic amines is 1. The maximum absolute atomic E-state index is 12.1. The molecule has 0 aliphatic heterocycles. The molecule has 0 saturated carbocycles. The van der Waals surface area contributed by atoms with E-state index in [1.807, 2.05) is 24.4 Å². The number of amides is 1. The predicted molar refractivity (Wildman–Crippen MR) is 97.7 cm³/mol. The van der Waals surface area contributed by atoms with Crippen molar-refractivity contribution in [1.82, 2.24) is 35.4 Å². The first kappa shape index (κ1) is 17.0. The lowest BCUT2D eigenvalue weighted by atomic mass is 10.1. The topological polar surface area (TPSA) is 115 Å². The van der Waals surface area contributed by atoms with E-state index in [0.717, 1.165) is 16.5 Å². The van der Waals surface area contributed by atoms with Crippen LogP contribution in [0.1, 0.15) is 17.8 Å². The van der Waals surface area contributed by atoms with E-state index in [4.69, 9.17) is 4.52 Å². The Labute approximate surface area is 154 Å². The lowest BCUT2D eigenvalue weighted by molar-refractivity contribution is -0.121. The molecule has 27 heavy (non-hydrogen) atoms. The summed E-state index contributed by atoms with van der Waals surface area (Å²) in [6, 6.07) is 8.08. The van der Waals surface area contributed by atoms with Gasteiger partial charge in [-0.2, -0.15) is 4.98 Å². The molecular formula is C18H19N7O2. The molecule has 0 aliphatic rings. The number of benzene rings is 1. The van der Waals surface area contributed by atoms with Crippen molar-refractivity contribution in [3.8, 4) is 11.6 Å². The van der Waals surface area contributed by atoms with Gasteiger partial charge in [0.15, 0.2) is 11.5 Å². The van der Waals surface area contributed by atoms with Gasteiger partial charge in [0.25, 0.3) is 5.89 Å². The molecule has 0 atom stereocenters. The van der Waals surface area contributed by atoms with E-state index >= 15 is 0 Å². The molecule has 9 nitrogen and oxygen atoms in total. The minimum Gasteiger partial charge on any atom is -0.361 e. The van der Waals surface area contributed by atoms with Crippen LogP contribution in [-0.2, 0) is 17.8 Å². The van der Waals surface area contributed by atoms with Crippen LogP contribution in [0.15, 0.2) is 41.2 Å². The molecule has 0 bridgehead atoms. The maximum Gasteiger partial charge on any atom is 0.280 e. The first-order chi connectivity index (χ1) is 13.2. The normalized spacial score (nSPS) is 11.1. The van der Waals surface area contributed by atoms with E-state index < -0.39 is 0 Å². The molecule has 0 spiro atoms. The Hall–Kier alpha value is -3.49. The van der Waals surface area contributed by atoms with Gasteiger partial charge in [0, 0.05) is 30.1 Å². The van der Waals surface area contributed by atoms with Gasteiger partial charge >= 0.3 is 0 Å². The van der Waals surface area contributed by atoms with E-state index in [1.54, 1.807) is 17.8 Å². The molecule has 0 radical (unpaired) electrons. The van der Waals surface area contributed by atoms with E-state index in [2.05, 4.69) is 36.8 Å². The molecule has 0 fully saturated rings. The van der Waals surface area contributed by atoms with E-state index in [-0.39, 0.29) is 5.91 Å². The van der Waals surface area contributed by atoms with Gasteiger partial charge in [-0.05, 0) is 25.0 Å². The van der Waals surface area contributed by atoms with Crippen LogP contribution in [0.3, 0.4) is 0 Å². The van der Waals surface area contributed by atoms with Crippen LogP contribution in [0.25, 0.3) is 22.5 Å². The summed E-state index contributed by atoms with van der Waals surface area (Å²) in [5.74, 6) is 0.886. The van der Waals surface area contributed by atoms with Crippen LogP contribution in [0.2, 0.25) is 0 Å². The number of carbonyl (C=O) groups is 1. The van der Waals surface area contributed by atoms with Crippen molar-refractivity contribution in [1.29, 1.82) is 0 Å². The molecule has 2 N–H and O–H groups in total. The van der Waals surface area contributed by atoms with Crippen molar-refractivity contribution in [3.05, 3.63) is 48.0 Å². The van der Waals surface area contributed by atoms with Crippen LogP contribution in [-0.4, -0.2) is 42.6 Å². The quantitative estimate of drug-likeness (QED) is 0.517. The average molecular weight is 365 g/mol. The molecule has 0 unspecified atom stereocenters. The second-order valence-electron chi connectivity index (χ2n) is 6.22. The molecule has 9 heteroatoms. The number of fused-ring (bicyclic) bond motifs is 1. The van der Waals surface area contributed by atoms with Gasteiger partial charge in [0.05, 0.1) is 12.7 Å². The fourth-order valence-electron chi connectivity index (χ4n) is 2.89. The fraction of sp³-hybridized carbons (Fsp3) is 0.278. The zero-order chi connectivity index (χ0) is 18.6. The number of aromatic nitrogens is 6. The summed E-state index contributed by atoms with van der Waals surface area (Å²) in [5, 5.41) is 15.8. The van der Waals surface area contributed by atoms with Gasteiger partial charge < -0.3 is 14.8 Å². The summed E-state index contributed by atoms with van der Waals surface area (Å²) >= 11 is 0. The van der Waals surface area contributed by atoms with Crippen LogP contribution < -0.4 is 5.32 Å². The van der Waals surface area contributed by atoms with Crippen molar-refractivity contribution in [2.45, 2.75) is 26.3 Å². The Bertz CT molecular complexity index is 1060. The van der Waals surface area contributed by atoms with E-state index in [0.29, 0.717) is 43.3 Å². The van der Waals surface area contributed by atoms with Gasteiger partial charge in [-0.15, -0.1) is 5.10 Å². The van der Waals surface area contributed by atoms with Gasteiger partial charge in [-0.3, -0.25) is 4.79 Å². The molecule has 0 aliphatic carbocycles. The standard InChI is InChI=1S/C18H19N7O2/c1-12-21-18(27-23-12)16-11-25(24-22-16)9-8-19-17(26)7-6-13-10-20-15-5-3-2-4-14(13)15/h2-5,10-11,20H,6-9H2,1H3,(H,19,26). The minimum atomic E-state index is 0.00754. The summed E-state index contributed by atoms with van der Waals surface area (Å²) in [6.45, 7) is 2.72. The Kier molecular flexibility index (Phi) is 4.65. The lowest BCUT2D eigenvalue weighted by Gasteiger charge is -2.04. The first-order valence-corrected chi connectivity index (χ1v) is 8.71. The van der Waals surface area contributed by atoms with Gasteiger partial charge in [0.2, 0.25) is 5.91 Å². The number of nitrogens with zero attached hydrogens (tertiary/aromatic N) is 5. The molecule has 1 aromatic carbocycles. The molecule has 3 aromatic heterocycles. The molecule has 138 valence electrons. The smallest absolute Gasteiger partial charge is 0.280 e. The van der Waals surface area contributed by atoms with E-state index in [1.165, 1.54) is 0 Å². The number of hydrogen-bond acceptors (Lipinski definition) is 6. The summed E-state index contributed by atoms with van der Waals surface area (Å²) < 4.78 is 6.69. The Balaban J connectivity index is 1.24. The van der Waals surface area contributed by atoms with Gasteiger partial charge in [-0.25, -0.2) is 4.68 Å². The van der Waals surface area contributed by atoms with Crippen molar-refractivity contribution < 1.29 is 9.32 Å². The molecule has 1 amide bonds. The second-order valence-corrected chi connectivity index (χ2v) is 6.22. The third-order valence-electron chi connectivity index (χ3n) is 4.24. The number of para-hydroxylation sites is 1. The van der Waals surface area contributed by atoms with Crippen molar-refractivity contribution in [3.63, 3.8) is 0 Å². The largest absolute Gasteiger partial charge is 0.361 e. The highest BCUT2D eigenvalue weighted by molar-refractivity contribution is 5.84. The average Bonchev–Trinajstić information content (AvgIpc) is 3.39. The first-order valence-electron chi connectivity index (χ1n) is 8.71. The summed E-state index contributed by atoms with van der Waals surface area (Å²) in [7, 11) is 0. The van der Waals surface area contributed by atoms with Gasteiger partial charge in [0.1, 0.15) is 0 Å². The highest BCUT2D eigenvalue weighted by atomic mass is 16.5. The number of hydrogen-bond donors (Lipinski definition) is 2. The summed E-state index contributed by atoms with van der Waals surface area (Å²) in [6.07, 6.45) is 4.81. The SMILES string of the molecule is Cc1noc(-c2cn(CCNC(=O)CCc3c[nH]c4ccccc34)nn2)n1. The summed E-state index contributed by atoms with van der Waals surface area (Å²) in [4.78, 5) is 19.4. The molecule has 0 saturated heterocycles. The van der Waals surface area contributed by atoms with Gasteiger partial charge in [-0.1, -0.05) is 28.6 Å². The maximum atomic E-state index is 12.1.